The molecule has 8 heteroatoms. The van der Waals surface area contributed by atoms with Gasteiger partial charge in [-0.2, -0.15) is 0 Å². The number of nitrogens with zero attached hydrogens (tertiary/aromatic N) is 2. The first kappa shape index (κ1) is 15.3. The lowest BCUT2D eigenvalue weighted by molar-refractivity contribution is -0.128. The molecule has 6 nitrogen and oxygen atoms in total. The second-order valence-corrected chi connectivity index (χ2v) is 5.93. The summed E-state index contributed by atoms with van der Waals surface area (Å²) in [4.78, 5) is 19.8. The van der Waals surface area contributed by atoms with Gasteiger partial charge in [0.25, 0.3) is 0 Å². The lowest BCUT2D eigenvalue weighted by Gasteiger charge is -2.13. The molecule has 1 fully saturated rings. The van der Waals surface area contributed by atoms with Gasteiger partial charge in [0.15, 0.2) is 0 Å². The van der Waals surface area contributed by atoms with Gasteiger partial charge in [0.1, 0.15) is 11.9 Å². The van der Waals surface area contributed by atoms with Crippen LogP contribution in [0, 0.1) is 0 Å². The van der Waals surface area contributed by atoms with E-state index in [1.165, 1.54) is 0 Å². The van der Waals surface area contributed by atoms with Gasteiger partial charge in [0.05, 0.1) is 33.4 Å². The van der Waals surface area contributed by atoms with Crippen LogP contribution in [0.5, 0.6) is 0 Å². The van der Waals surface area contributed by atoms with Crippen LogP contribution in [0.15, 0.2) is 18.3 Å². The molecule has 116 valence electrons. The minimum absolute atomic E-state index is 0.0659. The molecule has 1 amide bonds. The molecular formula is C14H14Cl2N4O2. The topological polar surface area (TPSA) is 90.1 Å². The van der Waals surface area contributed by atoms with E-state index < -0.39 is 12.0 Å². The third-order valence-electron chi connectivity index (χ3n) is 3.52. The van der Waals surface area contributed by atoms with Gasteiger partial charge in [-0.05, 0) is 25.0 Å². The zero-order chi connectivity index (χ0) is 15.7. The van der Waals surface area contributed by atoms with Crippen LogP contribution in [0.2, 0.25) is 10.0 Å². The number of rotatable bonds is 4. The number of hydrogen-bond donors (Lipinski definition) is 2. The Hall–Kier alpha value is -1.63. The number of carbonyl (C=O) groups excluding carboxylic acids is 1. The van der Waals surface area contributed by atoms with Gasteiger partial charge in [0.2, 0.25) is 5.91 Å². The molecule has 22 heavy (non-hydrogen) atoms. The quantitative estimate of drug-likeness (QED) is 0.891. The van der Waals surface area contributed by atoms with Crippen molar-refractivity contribution in [1.29, 1.82) is 0 Å². The SMILES string of the molecule is NC(=O)C1CCC(CNc2cnc3cc(Cl)c(Cl)cc3n2)O1. The number of primary amides is 1. The zero-order valence-electron chi connectivity index (χ0n) is 11.6. The zero-order valence-corrected chi connectivity index (χ0v) is 13.1. The minimum Gasteiger partial charge on any atom is -0.367 e. The predicted molar refractivity (Wildman–Crippen MR) is 85.1 cm³/mol. The Morgan fingerprint density at radius 2 is 2.05 bits per heavy atom. The summed E-state index contributed by atoms with van der Waals surface area (Å²) in [5.41, 5.74) is 6.55. The first-order valence-electron chi connectivity index (χ1n) is 6.83. The molecule has 2 unspecified atom stereocenters. The lowest BCUT2D eigenvalue weighted by atomic mass is 10.2. The monoisotopic (exact) mass is 340 g/mol. The number of halogens is 2. The number of carbonyl (C=O) groups is 1. The van der Waals surface area contributed by atoms with Crippen molar-refractivity contribution in [2.45, 2.75) is 25.0 Å². The average Bonchev–Trinajstić information content (AvgIpc) is 2.95. The summed E-state index contributed by atoms with van der Waals surface area (Å²) in [6, 6.07) is 3.35. The average molecular weight is 341 g/mol. The summed E-state index contributed by atoms with van der Waals surface area (Å²) in [6.45, 7) is 0.533. The van der Waals surface area contributed by atoms with Gasteiger partial charge in [-0.25, -0.2) is 4.98 Å². The highest BCUT2D eigenvalue weighted by atomic mass is 35.5. The fourth-order valence-corrected chi connectivity index (χ4v) is 2.69. The minimum atomic E-state index is -0.490. The first-order valence-corrected chi connectivity index (χ1v) is 7.59. The molecule has 1 aromatic heterocycles. The van der Waals surface area contributed by atoms with Gasteiger partial charge in [-0.3, -0.25) is 9.78 Å². The van der Waals surface area contributed by atoms with Crippen molar-refractivity contribution in [3.05, 3.63) is 28.4 Å². The Bertz CT molecular complexity index is 725. The number of nitrogens with two attached hydrogens (primary N) is 1. The summed E-state index contributed by atoms with van der Waals surface area (Å²) in [5, 5.41) is 4.03. The van der Waals surface area contributed by atoms with Crippen molar-refractivity contribution >= 4 is 46.0 Å². The molecule has 3 rings (SSSR count). The highest BCUT2D eigenvalue weighted by molar-refractivity contribution is 6.42. The molecule has 0 saturated carbocycles. The molecule has 0 spiro atoms. The van der Waals surface area contributed by atoms with Gasteiger partial charge in [0, 0.05) is 6.54 Å². The summed E-state index contributed by atoms with van der Waals surface area (Å²) in [5.74, 6) is 0.191. The van der Waals surface area contributed by atoms with Crippen LogP contribution >= 0.6 is 23.2 Å². The van der Waals surface area contributed by atoms with E-state index in [0.29, 0.717) is 39.9 Å². The molecule has 2 heterocycles. The van der Waals surface area contributed by atoms with Crippen LogP contribution in [-0.4, -0.2) is 34.6 Å². The van der Waals surface area contributed by atoms with Crippen molar-refractivity contribution in [2.75, 3.05) is 11.9 Å². The number of anilines is 1. The third-order valence-corrected chi connectivity index (χ3v) is 4.24. The van der Waals surface area contributed by atoms with Crippen LogP contribution < -0.4 is 11.1 Å². The van der Waals surface area contributed by atoms with Crippen molar-refractivity contribution in [3.8, 4) is 0 Å². The molecule has 1 aliphatic heterocycles. The molecular weight excluding hydrogens is 327 g/mol. The van der Waals surface area contributed by atoms with E-state index in [1.807, 2.05) is 0 Å². The lowest BCUT2D eigenvalue weighted by Crippen LogP contribution is -2.30. The summed E-state index contributed by atoms with van der Waals surface area (Å²) in [7, 11) is 0. The van der Waals surface area contributed by atoms with Crippen LogP contribution in [0.1, 0.15) is 12.8 Å². The molecule has 0 aliphatic carbocycles. The maximum Gasteiger partial charge on any atom is 0.246 e. The van der Waals surface area contributed by atoms with E-state index in [0.717, 1.165) is 6.42 Å². The fraction of sp³-hybridized carbons (Fsp3) is 0.357. The second kappa shape index (κ2) is 6.24. The number of aromatic nitrogens is 2. The smallest absolute Gasteiger partial charge is 0.246 e. The number of fused-ring (bicyclic) bond motifs is 1. The molecule has 1 aliphatic rings. The first-order chi connectivity index (χ1) is 10.5. The summed E-state index contributed by atoms with van der Waals surface area (Å²) >= 11 is 11.9. The summed E-state index contributed by atoms with van der Waals surface area (Å²) in [6.07, 6.45) is 2.49. The standard InChI is InChI=1S/C14H14Cl2N4O2/c15-8-3-10-11(4-9(8)16)20-13(6-18-10)19-5-7-1-2-12(22-7)14(17)21/h3-4,6-7,12H,1-2,5H2,(H2,17,21)(H,19,20). The maximum atomic E-state index is 11.1. The highest BCUT2D eigenvalue weighted by Crippen LogP contribution is 2.26. The molecule has 2 aromatic rings. The van der Waals surface area contributed by atoms with E-state index in [2.05, 4.69) is 15.3 Å². The number of hydrogen-bond acceptors (Lipinski definition) is 5. The van der Waals surface area contributed by atoms with Crippen molar-refractivity contribution in [3.63, 3.8) is 0 Å². The molecule has 1 aromatic carbocycles. The van der Waals surface area contributed by atoms with E-state index in [-0.39, 0.29) is 6.10 Å². The Morgan fingerprint density at radius 1 is 1.32 bits per heavy atom. The second-order valence-electron chi connectivity index (χ2n) is 5.12. The van der Waals surface area contributed by atoms with Gasteiger partial charge in [-0.15, -0.1) is 0 Å². The van der Waals surface area contributed by atoms with Crippen LogP contribution in [0.3, 0.4) is 0 Å². The molecule has 1 saturated heterocycles. The van der Waals surface area contributed by atoms with Crippen LogP contribution in [0.25, 0.3) is 11.0 Å². The van der Waals surface area contributed by atoms with E-state index in [4.69, 9.17) is 33.7 Å². The predicted octanol–water partition coefficient (Wildman–Crippen LogP) is 2.38. The summed E-state index contributed by atoms with van der Waals surface area (Å²) < 4.78 is 5.54. The Kier molecular flexibility index (Phi) is 4.33. The largest absolute Gasteiger partial charge is 0.367 e. The molecule has 0 bridgehead atoms. The van der Waals surface area contributed by atoms with Gasteiger partial charge in [-0.1, -0.05) is 23.2 Å². The van der Waals surface area contributed by atoms with Gasteiger partial charge < -0.3 is 15.8 Å². The number of ether oxygens (including phenoxy) is 1. The normalized spacial score (nSPS) is 21.2. The number of benzene rings is 1. The Balaban J connectivity index is 1.67. The third kappa shape index (κ3) is 3.24. The van der Waals surface area contributed by atoms with E-state index in [1.54, 1.807) is 18.3 Å². The number of nitrogens with one attached hydrogen (secondary N) is 1. The Morgan fingerprint density at radius 3 is 2.73 bits per heavy atom. The van der Waals surface area contributed by atoms with Crippen molar-refractivity contribution < 1.29 is 9.53 Å². The number of amides is 1. The molecule has 2 atom stereocenters. The fourth-order valence-electron chi connectivity index (χ4n) is 2.38. The highest BCUT2D eigenvalue weighted by Gasteiger charge is 2.28. The molecule has 0 radical (unpaired) electrons. The van der Waals surface area contributed by atoms with Crippen LogP contribution in [0.4, 0.5) is 5.82 Å². The Labute approximate surface area is 137 Å². The van der Waals surface area contributed by atoms with E-state index in [9.17, 15) is 4.79 Å². The molecule has 3 N–H and O–H groups in total. The van der Waals surface area contributed by atoms with Crippen molar-refractivity contribution in [1.82, 2.24) is 9.97 Å². The van der Waals surface area contributed by atoms with Crippen molar-refractivity contribution in [2.24, 2.45) is 5.73 Å². The van der Waals surface area contributed by atoms with Gasteiger partial charge >= 0.3 is 0 Å². The van der Waals surface area contributed by atoms with Crippen LogP contribution in [-0.2, 0) is 9.53 Å². The van der Waals surface area contributed by atoms with E-state index >= 15 is 0 Å². The maximum absolute atomic E-state index is 11.1.